The molecule has 0 saturated carbocycles. The standard InChI is InChI=1S/C16H18N4O/c1-3-9-20-10-8-18-15(16(20)21)19-12(2)14-6-4-13(11-17)5-7-14/h4-8,10,12H,3,9H2,1-2H3,(H,18,19). The summed E-state index contributed by atoms with van der Waals surface area (Å²) in [5.74, 6) is 0.350. The second-order valence-corrected chi connectivity index (χ2v) is 4.87. The molecule has 0 aliphatic rings. The van der Waals surface area contributed by atoms with Gasteiger partial charge in [0.05, 0.1) is 17.7 Å². The van der Waals surface area contributed by atoms with Gasteiger partial charge in [-0.2, -0.15) is 5.26 Å². The van der Waals surface area contributed by atoms with Crippen molar-refractivity contribution in [2.24, 2.45) is 0 Å². The van der Waals surface area contributed by atoms with Crippen LogP contribution in [0.1, 0.15) is 37.4 Å². The summed E-state index contributed by atoms with van der Waals surface area (Å²) in [7, 11) is 0. The first-order valence-electron chi connectivity index (χ1n) is 6.97. The maximum Gasteiger partial charge on any atom is 0.293 e. The molecule has 5 heteroatoms. The summed E-state index contributed by atoms with van der Waals surface area (Å²) in [4.78, 5) is 16.3. The Labute approximate surface area is 123 Å². The molecule has 21 heavy (non-hydrogen) atoms. The Morgan fingerprint density at radius 2 is 2.10 bits per heavy atom. The Balaban J connectivity index is 2.19. The van der Waals surface area contributed by atoms with E-state index < -0.39 is 0 Å². The van der Waals surface area contributed by atoms with Gasteiger partial charge in [0.15, 0.2) is 5.82 Å². The molecule has 1 heterocycles. The molecule has 108 valence electrons. The van der Waals surface area contributed by atoms with Crippen LogP contribution in [0.5, 0.6) is 0 Å². The van der Waals surface area contributed by atoms with Crippen molar-refractivity contribution in [3.05, 3.63) is 58.1 Å². The summed E-state index contributed by atoms with van der Waals surface area (Å²) in [5, 5.41) is 11.9. The van der Waals surface area contributed by atoms with Gasteiger partial charge in [-0.15, -0.1) is 0 Å². The van der Waals surface area contributed by atoms with Crippen LogP contribution in [0.2, 0.25) is 0 Å². The largest absolute Gasteiger partial charge is 0.359 e. The fourth-order valence-electron chi connectivity index (χ4n) is 2.10. The number of aryl methyl sites for hydroxylation is 1. The third-order valence-corrected chi connectivity index (χ3v) is 3.27. The Bertz CT molecular complexity index is 697. The highest BCUT2D eigenvalue weighted by Crippen LogP contribution is 2.16. The highest BCUT2D eigenvalue weighted by atomic mass is 16.1. The number of nitrogens with one attached hydrogen (secondary N) is 1. The average molecular weight is 282 g/mol. The van der Waals surface area contributed by atoms with Crippen LogP contribution in [0.25, 0.3) is 0 Å². The molecule has 0 saturated heterocycles. The molecule has 0 spiro atoms. The first-order valence-corrected chi connectivity index (χ1v) is 6.97. The third kappa shape index (κ3) is 3.48. The number of rotatable bonds is 5. The molecular weight excluding hydrogens is 264 g/mol. The first-order chi connectivity index (χ1) is 10.2. The Morgan fingerprint density at radius 3 is 2.71 bits per heavy atom. The van der Waals surface area contributed by atoms with Crippen molar-refractivity contribution < 1.29 is 0 Å². The lowest BCUT2D eigenvalue weighted by Gasteiger charge is -2.15. The number of hydrogen-bond donors (Lipinski definition) is 1. The molecule has 2 rings (SSSR count). The van der Waals surface area contributed by atoms with Gasteiger partial charge in [0.2, 0.25) is 0 Å². The number of hydrogen-bond acceptors (Lipinski definition) is 4. The van der Waals surface area contributed by atoms with E-state index in [9.17, 15) is 4.79 Å². The van der Waals surface area contributed by atoms with Gasteiger partial charge in [-0.25, -0.2) is 4.98 Å². The van der Waals surface area contributed by atoms with E-state index in [2.05, 4.69) is 16.4 Å². The van der Waals surface area contributed by atoms with Gasteiger partial charge in [-0.3, -0.25) is 4.79 Å². The first kappa shape index (κ1) is 14.8. The summed E-state index contributed by atoms with van der Waals surface area (Å²) in [5.41, 5.74) is 1.51. The van der Waals surface area contributed by atoms with Crippen molar-refractivity contribution in [1.82, 2.24) is 9.55 Å². The highest BCUT2D eigenvalue weighted by Gasteiger charge is 2.10. The van der Waals surface area contributed by atoms with Crippen LogP contribution >= 0.6 is 0 Å². The lowest BCUT2D eigenvalue weighted by Crippen LogP contribution is -2.25. The number of aromatic nitrogens is 2. The maximum absolute atomic E-state index is 12.2. The zero-order valence-corrected chi connectivity index (χ0v) is 12.2. The van der Waals surface area contributed by atoms with Crippen LogP contribution in [0.4, 0.5) is 5.82 Å². The zero-order chi connectivity index (χ0) is 15.2. The topological polar surface area (TPSA) is 70.7 Å². The summed E-state index contributed by atoms with van der Waals surface area (Å²) in [6.45, 7) is 4.67. The molecule has 5 nitrogen and oxygen atoms in total. The van der Waals surface area contributed by atoms with E-state index >= 15 is 0 Å². The molecule has 1 N–H and O–H groups in total. The van der Waals surface area contributed by atoms with Crippen molar-refractivity contribution in [1.29, 1.82) is 5.26 Å². The molecule has 2 aromatic rings. The lowest BCUT2D eigenvalue weighted by atomic mass is 10.1. The second kappa shape index (κ2) is 6.71. The maximum atomic E-state index is 12.2. The predicted octanol–water partition coefficient (Wildman–Crippen LogP) is 2.70. The zero-order valence-electron chi connectivity index (χ0n) is 12.2. The van der Waals surface area contributed by atoms with Crippen molar-refractivity contribution >= 4 is 5.82 Å². The van der Waals surface area contributed by atoms with Gasteiger partial charge >= 0.3 is 0 Å². The van der Waals surface area contributed by atoms with Crippen LogP contribution < -0.4 is 10.9 Å². The van der Waals surface area contributed by atoms with Crippen LogP contribution in [-0.4, -0.2) is 9.55 Å². The molecule has 0 aliphatic heterocycles. The Morgan fingerprint density at radius 1 is 1.38 bits per heavy atom. The molecular formula is C16H18N4O. The lowest BCUT2D eigenvalue weighted by molar-refractivity contribution is 0.648. The number of benzene rings is 1. The predicted molar refractivity (Wildman–Crippen MR) is 82.0 cm³/mol. The van der Waals surface area contributed by atoms with Gasteiger partial charge < -0.3 is 9.88 Å². The quantitative estimate of drug-likeness (QED) is 0.915. The highest BCUT2D eigenvalue weighted by molar-refractivity contribution is 5.38. The van der Waals surface area contributed by atoms with Gasteiger partial charge in [0.25, 0.3) is 5.56 Å². The van der Waals surface area contributed by atoms with E-state index in [0.717, 1.165) is 12.0 Å². The Kier molecular flexibility index (Phi) is 4.72. The molecule has 0 aliphatic carbocycles. The van der Waals surface area contributed by atoms with Gasteiger partial charge in [0.1, 0.15) is 0 Å². The van der Waals surface area contributed by atoms with Gasteiger partial charge in [-0.1, -0.05) is 19.1 Å². The van der Waals surface area contributed by atoms with Crippen LogP contribution in [0.3, 0.4) is 0 Å². The van der Waals surface area contributed by atoms with Gasteiger partial charge in [-0.05, 0) is 31.0 Å². The molecule has 1 aromatic carbocycles. The summed E-state index contributed by atoms with van der Waals surface area (Å²) >= 11 is 0. The van der Waals surface area contributed by atoms with Crippen LogP contribution in [0, 0.1) is 11.3 Å². The molecule has 1 aromatic heterocycles. The summed E-state index contributed by atoms with van der Waals surface area (Å²) in [6.07, 6.45) is 4.23. The molecule has 1 atom stereocenters. The summed E-state index contributed by atoms with van der Waals surface area (Å²) < 4.78 is 1.65. The van der Waals surface area contributed by atoms with Crippen molar-refractivity contribution in [2.75, 3.05) is 5.32 Å². The van der Waals surface area contributed by atoms with E-state index in [0.29, 0.717) is 17.9 Å². The number of anilines is 1. The second-order valence-electron chi connectivity index (χ2n) is 4.87. The molecule has 0 fully saturated rings. The van der Waals surface area contributed by atoms with E-state index in [1.54, 1.807) is 29.1 Å². The molecule has 0 radical (unpaired) electrons. The van der Waals surface area contributed by atoms with Crippen LogP contribution in [0.15, 0.2) is 41.5 Å². The minimum Gasteiger partial charge on any atom is -0.359 e. The van der Waals surface area contributed by atoms with E-state index in [4.69, 9.17) is 5.26 Å². The third-order valence-electron chi connectivity index (χ3n) is 3.27. The fraction of sp³-hybridized carbons (Fsp3) is 0.312. The SMILES string of the molecule is CCCn1ccnc(NC(C)c2ccc(C#N)cc2)c1=O. The minimum atomic E-state index is -0.111. The number of nitriles is 1. The van der Waals surface area contributed by atoms with Crippen molar-refractivity contribution in [3.8, 4) is 6.07 Å². The van der Waals surface area contributed by atoms with Crippen molar-refractivity contribution in [2.45, 2.75) is 32.9 Å². The van der Waals surface area contributed by atoms with Crippen LogP contribution in [-0.2, 0) is 6.54 Å². The normalized spacial score (nSPS) is 11.7. The fourth-order valence-corrected chi connectivity index (χ4v) is 2.10. The molecule has 0 amide bonds. The molecule has 0 bridgehead atoms. The smallest absolute Gasteiger partial charge is 0.293 e. The number of nitrogens with zero attached hydrogens (tertiary/aromatic N) is 3. The summed E-state index contributed by atoms with van der Waals surface area (Å²) in [6, 6.07) is 9.32. The van der Waals surface area contributed by atoms with Crippen molar-refractivity contribution in [3.63, 3.8) is 0 Å². The van der Waals surface area contributed by atoms with E-state index in [1.165, 1.54) is 0 Å². The molecule has 1 unspecified atom stereocenters. The average Bonchev–Trinajstić information content (AvgIpc) is 2.51. The van der Waals surface area contributed by atoms with Gasteiger partial charge in [0, 0.05) is 18.9 Å². The Hall–Kier alpha value is -2.61. The van der Waals surface area contributed by atoms with E-state index in [1.807, 2.05) is 26.0 Å². The monoisotopic (exact) mass is 282 g/mol. The van der Waals surface area contributed by atoms with E-state index in [-0.39, 0.29) is 11.6 Å². The minimum absolute atomic E-state index is 0.0598.